The molecule has 0 radical (unpaired) electrons. The van der Waals surface area contributed by atoms with Crippen LogP contribution in [0.5, 0.6) is 0 Å². The number of carbonyl (C=O) groups is 2. The fraction of sp³-hybridized carbons (Fsp3) is 0.545. The molecule has 30 heavy (non-hydrogen) atoms. The van der Waals surface area contributed by atoms with E-state index in [0.717, 1.165) is 19.3 Å². The van der Waals surface area contributed by atoms with Crippen molar-refractivity contribution in [2.24, 2.45) is 0 Å². The third-order valence-corrected chi connectivity index (χ3v) is 3.98. The Kier molecular flexibility index (Phi) is 14.8. The van der Waals surface area contributed by atoms with E-state index in [4.69, 9.17) is 29.5 Å². The van der Waals surface area contributed by atoms with Crippen LogP contribution >= 0.6 is 0 Å². The van der Waals surface area contributed by atoms with Crippen molar-refractivity contribution in [2.45, 2.75) is 58.2 Å². The maximum absolute atomic E-state index is 11.2. The summed E-state index contributed by atoms with van der Waals surface area (Å²) >= 11 is 0. The second kappa shape index (κ2) is 16.2. The number of aliphatic hydroxyl groups is 2. The lowest BCUT2D eigenvalue weighted by Crippen LogP contribution is -2.23. The van der Waals surface area contributed by atoms with Gasteiger partial charge in [-0.1, -0.05) is 50.1 Å². The Balaban J connectivity index is 0.000000561. The van der Waals surface area contributed by atoms with Gasteiger partial charge in [-0.2, -0.15) is 0 Å². The van der Waals surface area contributed by atoms with Gasteiger partial charge in [-0.15, -0.1) is 0 Å². The molecule has 0 aliphatic heterocycles. The second-order valence-corrected chi connectivity index (χ2v) is 6.57. The predicted molar refractivity (Wildman–Crippen MR) is 112 cm³/mol. The minimum absolute atomic E-state index is 0.205. The van der Waals surface area contributed by atoms with Gasteiger partial charge in [-0.3, -0.25) is 4.79 Å². The molecule has 8 heteroatoms. The van der Waals surface area contributed by atoms with Gasteiger partial charge >= 0.3 is 11.9 Å². The Morgan fingerprint density at radius 2 is 1.70 bits per heavy atom. The highest BCUT2D eigenvalue weighted by atomic mass is 16.5. The van der Waals surface area contributed by atoms with Crippen molar-refractivity contribution < 1.29 is 39.1 Å². The molecule has 0 aromatic heterocycles. The molecule has 0 saturated heterocycles. The lowest BCUT2D eigenvalue weighted by molar-refractivity contribution is -0.149. The summed E-state index contributed by atoms with van der Waals surface area (Å²) in [5, 5.41) is 26.6. The number of unbranched alkanes of at least 4 members (excludes halogenated alkanes) is 2. The van der Waals surface area contributed by atoms with Crippen molar-refractivity contribution in [3.05, 3.63) is 41.7 Å². The molecule has 170 valence electrons. The Morgan fingerprint density at radius 1 is 1.07 bits per heavy atom. The van der Waals surface area contributed by atoms with Crippen LogP contribution in [-0.2, 0) is 23.8 Å². The van der Waals surface area contributed by atoms with Gasteiger partial charge in [0.1, 0.15) is 6.10 Å². The SMILES string of the molecule is CCCCCC(=O)OC(C)CC(O)CO.CO/C(C(=O)O)=C(/OC)c1ccccc1. The molecule has 1 rings (SSSR count). The third kappa shape index (κ3) is 11.4. The number of ether oxygens (including phenoxy) is 3. The molecule has 0 aliphatic rings. The molecule has 3 N–H and O–H groups in total. The summed E-state index contributed by atoms with van der Waals surface area (Å²) in [5.74, 6) is -1.37. The lowest BCUT2D eigenvalue weighted by atomic mass is 10.1. The number of carboxylic acids is 1. The summed E-state index contributed by atoms with van der Waals surface area (Å²) in [5.41, 5.74) is 0.666. The van der Waals surface area contributed by atoms with Crippen LogP contribution in [0.1, 0.15) is 51.5 Å². The summed E-state index contributed by atoms with van der Waals surface area (Å²) in [7, 11) is 2.70. The molecule has 1 aromatic rings. The highest BCUT2D eigenvalue weighted by molar-refractivity contribution is 5.92. The number of esters is 1. The Bertz CT molecular complexity index is 642. The summed E-state index contributed by atoms with van der Waals surface area (Å²) in [4.78, 5) is 22.1. The van der Waals surface area contributed by atoms with E-state index in [1.54, 1.807) is 31.2 Å². The molecule has 0 heterocycles. The topological polar surface area (TPSA) is 123 Å². The van der Waals surface area contributed by atoms with Crippen LogP contribution in [-0.4, -0.2) is 60.3 Å². The van der Waals surface area contributed by atoms with E-state index in [0.29, 0.717) is 12.0 Å². The highest BCUT2D eigenvalue weighted by Crippen LogP contribution is 2.19. The van der Waals surface area contributed by atoms with Crippen molar-refractivity contribution in [1.29, 1.82) is 0 Å². The monoisotopic (exact) mass is 426 g/mol. The molecular weight excluding hydrogens is 392 g/mol. The van der Waals surface area contributed by atoms with Crippen molar-refractivity contribution in [3.8, 4) is 0 Å². The zero-order chi connectivity index (χ0) is 22.9. The van der Waals surface area contributed by atoms with Gasteiger partial charge in [0.05, 0.1) is 26.9 Å². The summed E-state index contributed by atoms with van der Waals surface area (Å²) in [6.07, 6.45) is 2.55. The average Bonchev–Trinajstić information content (AvgIpc) is 2.72. The minimum atomic E-state index is -1.15. The molecule has 0 amide bonds. The Hall–Kier alpha value is -2.58. The minimum Gasteiger partial charge on any atom is -0.492 e. The van der Waals surface area contributed by atoms with Crippen molar-refractivity contribution in [2.75, 3.05) is 20.8 Å². The van der Waals surface area contributed by atoms with Crippen LogP contribution in [0, 0.1) is 0 Å². The molecule has 2 unspecified atom stereocenters. The smallest absolute Gasteiger partial charge is 0.375 e. The number of aliphatic carboxylic acids is 1. The van der Waals surface area contributed by atoms with Crippen LogP contribution in [0.3, 0.4) is 0 Å². The van der Waals surface area contributed by atoms with Crippen molar-refractivity contribution in [3.63, 3.8) is 0 Å². The van der Waals surface area contributed by atoms with E-state index < -0.39 is 12.1 Å². The quantitative estimate of drug-likeness (QED) is 0.202. The molecule has 0 aliphatic carbocycles. The van der Waals surface area contributed by atoms with E-state index in [1.807, 2.05) is 6.07 Å². The standard InChI is InChI=1S/C11H12O4.C11H22O4/c1-14-9(10(15-2)11(12)13)8-6-4-3-5-7-8;1-3-4-5-6-11(14)15-9(2)7-10(13)8-12/h3-7H,1-2H3,(H,12,13);9-10,12-13H,3-8H2,1-2H3/b10-9+;. The van der Waals surface area contributed by atoms with Crippen LogP contribution in [0.15, 0.2) is 36.1 Å². The zero-order valence-corrected chi connectivity index (χ0v) is 18.2. The largest absolute Gasteiger partial charge is 0.492 e. The van der Waals surface area contributed by atoms with Crippen LogP contribution in [0.2, 0.25) is 0 Å². The van der Waals surface area contributed by atoms with Gasteiger partial charge in [0.15, 0.2) is 5.76 Å². The fourth-order valence-electron chi connectivity index (χ4n) is 2.52. The van der Waals surface area contributed by atoms with Gasteiger partial charge in [0.2, 0.25) is 5.76 Å². The van der Waals surface area contributed by atoms with Crippen LogP contribution in [0.4, 0.5) is 0 Å². The summed E-state index contributed by atoms with van der Waals surface area (Å²) < 4.78 is 14.9. The second-order valence-electron chi connectivity index (χ2n) is 6.57. The van der Waals surface area contributed by atoms with Gasteiger partial charge in [0, 0.05) is 18.4 Å². The van der Waals surface area contributed by atoms with E-state index in [1.165, 1.54) is 14.2 Å². The van der Waals surface area contributed by atoms with E-state index in [-0.39, 0.29) is 36.6 Å². The fourth-order valence-corrected chi connectivity index (χ4v) is 2.52. The predicted octanol–water partition coefficient (Wildman–Crippen LogP) is 2.97. The third-order valence-electron chi connectivity index (χ3n) is 3.98. The van der Waals surface area contributed by atoms with E-state index >= 15 is 0 Å². The van der Waals surface area contributed by atoms with Crippen molar-refractivity contribution >= 4 is 17.7 Å². The molecule has 0 fully saturated rings. The number of carbonyl (C=O) groups excluding carboxylic acids is 1. The Labute approximate surface area is 178 Å². The van der Waals surface area contributed by atoms with Gasteiger partial charge in [-0.25, -0.2) is 4.79 Å². The average molecular weight is 427 g/mol. The van der Waals surface area contributed by atoms with E-state index in [2.05, 4.69) is 6.92 Å². The van der Waals surface area contributed by atoms with Crippen molar-refractivity contribution in [1.82, 2.24) is 0 Å². The number of hydrogen-bond donors (Lipinski definition) is 3. The number of aliphatic hydroxyl groups excluding tert-OH is 2. The maximum Gasteiger partial charge on any atom is 0.375 e. The lowest BCUT2D eigenvalue weighted by Gasteiger charge is -2.15. The number of rotatable bonds is 12. The first-order valence-electron chi connectivity index (χ1n) is 9.89. The highest BCUT2D eigenvalue weighted by Gasteiger charge is 2.17. The summed E-state index contributed by atoms with van der Waals surface area (Å²) in [6, 6.07) is 8.93. The maximum atomic E-state index is 11.2. The Morgan fingerprint density at radius 3 is 2.17 bits per heavy atom. The van der Waals surface area contributed by atoms with Gasteiger partial charge in [-0.05, 0) is 13.3 Å². The number of benzene rings is 1. The molecule has 0 bridgehead atoms. The van der Waals surface area contributed by atoms with Gasteiger partial charge < -0.3 is 29.5 Å². The van der Waals surface area contributed by atoms with Crippen LogP contribution in [0.25, 0.3) is 5.76 Å². The first-order valence-corrected chi connectivity index (χ1v) is 9.89. The first kappa shape index (κ1) is 27.4. The first-order chi connectivity index (χ1) is 14.3. The van der Waals surface area contributed by atoms with Gasteiger partial charge in [0.25, 0.3) is 0 Å². The molecule has 2 atom stereocenters. The molecular formula is C22H34O8. The normalized spacial score (nSPS) is 13.1. The number of methoxy groups -OCH3 is 2. The number of hydrogen-bond acceptors (Lipinski definition) is 7. The summed E-state index contributed by atoms with van der Waals surface area (Å²) in [6.45, 7) is 3.50. The molecule has 8 nitrogen and oxygen atoms in total. The zero-order valence-electron chi connectivity index (χ0n) is 18.2. The van der Waals surface area contributed by atoms with Crippen LogP contribution < -0.4 is 0 Å². The van der Waals surface area contributed by atoms with E-state index in [9.17, 15) is 9.59 Å². The molecule has 1 aromatic carbocycles. The molecule has 0 spiro atoms. The molecule has 0 saturated carbocycles. The number of carboxylic acid groups (broad SMARTS) is 1.